The molecular weight excluding hydrogens is 439 g/mol. The van der Waals surface area contributed by atoms with Crippen LogP contribution in [0.1, 0.15) is 24.0 Å². The third-order valence-electron chi connectivity index (χ3n) is 5.62. The summed E-state index contributed by atoms with van der Waals surface area (Å²) >= 11 is 0. The number of methoxy groups -OCH3 is 1. The Bertz CT molecular complexity index is 1030. The third kappa shape index (κ3) is 6.36. The van der Waals surface area contributed by atoms with Crippen LogP contribution in [0.4, 0.5) is 13.2 Å². The first-order valence-corrected chi connectivity index (χ1v) is 10.6. The summed E-state index contributed by atoms with van der Waals surface area (Å²) < 4.78 is 44.7. The molecule has 33 heavy (non-hydrogen) atoms. The average Bonchev–Trinajstić information content (AvgIpc) is 3.05. The maximum absolute atomic E-state index is 12.9. The van der Waals surface area contributed by atoms with Crippen molar-refractivity contribution in [3.05, 3.63) is 64.1 Å². The zero-order chi connectivity index (χ0) is 24.0. The Morgan fingerprint density at radius 2 is 1.61 bits per heavy atom. The zero-order valence-corrected chi connectivity index (χ0v) is 18.3. The van der Waals surface area contributed by atoms with Gasteiger partial charge in [-0.3, -0.25) is 14.4 Å². The van der Waals surface area contributed by atoms with Crippen LogP contribution in [0.5, 0.6) is 5.75 Å². The molecule has 2 heterocycles. The molecule has 0 radical (unpaired) electrons. The van der Waals surface area contributed by atoms with E-state index in [0.717, 1.165) is 21.9 Å². The molecule has 2 amide bonds. The van der Waals surface area contributed by atoms with E-state index in [2.05, 4.69) is 0 Å². The van der Waals surface area contributed by atoms with E-state index in [4.69, 9.17) is 4.74 Å². The van der Waals surface area contributed by atoms with Crippen molar-refractivity contribution in [2.75, 3.05) is 33.3 Å². The molecular formula is C23H26F3N3O4. The van der Waals surface area contributed by atoms with Gasteiger partial charge in [-0.05, 0) is 42.7 Å². The number of nitrogens with zero attached hydrogens (tertiary/aromatic N) is 3. The third-order valence-corrected chi connectivity index (χ3v) is 5.62. The highest BCUT2D eigenvalue weighted by Crippen LogP contribution is 2.26. The Labute approximate surface area is 189 Å². The van der Waals surface area contributed by atoms with Crippen molar-refractivity contribution in [2.45, 2.75) is 32.0 Å². The predicted molar refractivity (Wildman–Crippen MR) is 115 cm³/mol. The molecule has 0 atom stereocenters. The summed E-state index contributed by atoms with van der Waals surface area (Å²) in [5.41, 5.74) is -1.53. The summed E-state index contributed by atoms with van der Waals surface area (Å²) in [5.74, 6) is 0.271. The van der Waals surface area contributed by atoms with E-state index in [0.29, 0.717) is 45.0 Å². The summed E-state index contributed by atoms with van der Waals surface area (Å²) in [4.78, 5) is 40.6. The van der Waals surface area contributed by atoms with Crippen LogP contribution in [-0.4, -0.2) is 59.5 Å². The van der Waals surface area contributed by atoms with Crippen LogP contribution in [0, 0.1) is 0 Å². The number of aryl methyl sites for hydroxylation is 1. The Kier molecular flexibility index (Phi) is 7.78. The summed E-state index contributed by atoms with van der Waals surface area (Å²) in [6.45, 7) is 0.989. The van der Waals surface area contributed by atoms with Crippen molar-refractivity contribution < 1.29 is 27.5 Å². The molecule has 1 aromatic carbocycles. The smallest absolute Gasteiger partial charge is 0.421 e. The second-order valence-corrected chi connectivity index (χ2v) is 7.82. The van der Waals surface area contributed by atoms with Gasteiger partial charge in [0.15, 0.2) is 0 Å². The number of aromatic nitrogens is 1. The van der Waals surface area contributed by atoms with Gasteiger partial charge in [-0.2, -0.15) is 13.2 Å². The Morgan fingerprint density at radius 3 is 2.21 bits per heavy atom. The van der Waals surface area contributed by atoms with Crippen molar-refractivity contribution in [3.63, 3.8) is 0 Å². The highest BCUT2D eigenvalue weighted by molar-refractivity contribution is 5.78. The van der Waals surface area contributed by atoms with Gasteiger partial charge in [0.05, 0.1) is 7.11 Å². The fourth-order valence-electron chi connectivity index (χ4n) is 3.74. The molecule has 0 aliphatic carbocycles. The highest BCUT2D eigenvalue weighted by Gasteiger charge is 2.34. The Morgan fingerprint density at radius 1 is 0.970 bits per heavy atom. The van der Waals surface area contributed by atoms with E-state index >= 15 is 0 Å². The average molecular weight is 465 g/mol. The van der Waals surface area contributed by atoms with Crippen LogP contribution >= 0.6 is 0 Å². The van der Waals surface area contributed by atoms with Gasteiger partial charge in [-0.1, -0.05) is 12.1 Å². The van der Waals surface area contributed by atoms with E-state index in [1.807, 2.05) is 24.3 Å². The summed E-state index contributed by atoms with van der Waals surface area (Å²) in [7, 11) is 1.59. The number of halogens is 3. The van der Waals surface area contributed by atoms with E-state index in [-0.39, 0.29) is 12.5 Å². The number of hydrogen-bond acceptors (Lipinski definition) is 4. The molecule has 0 spiro atoms. The van der Waals surface area contributed by atoms with Gasteiger partial charge in [-0.25, -0.2) is 0 Å². The minimum absolute atomic E-state index is 0.0192. The summed E-state index contributed by atoms with van der Waals surface area (Å²) in [5, 5.41) is 0. The lowest BCUT2D eigenvalue weighted by Crippen LogP contribution is -2.40. The maximum atomic E-state index is 12.9. The van der Waals surface area contributed by atoms with Gasteiger partial charge < -0.3 is 19.1 Å². The van der Waals surface area contributed by atoms with Gasteiger partial charge in [0.1, 0.15) is 17.9 Å². The molecule has 1 aliphatic rings. The van der Waals surface area contributed by atoms with E-state index in [9.17, 15) is 27.6 Å². The normalized spacial score (nSPS) is 14.7. The number of carbonyl (C=O) groups excluding carboxylic acids is 2. The molecule has 3 rings (SSSR count). The van der Waals surface area contributed by atoms with Gasteiger partial charge in [-0.15, -0.1) is 0 Å². The number of amides is 2. The summed E-state index contributed by atoms with van der Waals surface area (Å²) in [6, 6.07) is 9.29. The van der Waals surface area contributed by atoms with Gasteiger partial charge in [0.2, 0.25) is 11.8 Å². The van der Waals surface area contributed by atoms with Crippen LogP contribution in [0.15, 0.2) is 47.4 Å². The lowest BCUT2D eigenvalue weighted by Gasteiger charge is -2.23. The van der Waals surface area contributed by atoms with Crippen LogP contribution in [0.25, 0.3) is 0 Å². The van der Waals surface area contributed by atoms with Gasteiger partial charge >= 0.3 is 6.18 Å². The van der Waals surface area contributed by atoms with Gasteiger partial charge in [0, 0.05) is 38.8 Å². The topological polar surface area (TPSA) is 71.8 Å². The molecule has 1 fully saturated rings. The first-order chi connectivity index (χ1) is 15.7. The fourth-order valence-corrected chi connectivity index (χ4v) is 3.74. The summed E-state index contributed by atoms with van der Waals surface area (Å²) in [6.07, 6.45) is -2.14. The molecule has 0 unspecified atom stereocenters. The molecule has 1 saturated heterocycles. The quantitative estimate of drug-likeness (QED) is 0.658. The van der Waals surface area contributed by atoms with E-state index in [1.54, 1.807) is 12.0 Å². The standard InChI is InChI=1S/C23H26F3N3O4/c1-33-18-8-5-17(6-9-18)7-10-20(30)27-12-3-13-28(15-14-27)21(31)16-29-11-2-4-19(22(29)32)23(24,25)26/h2,4-6,8-9,11H,3,7,10,12-16H2,1H3. The molecule has 0 N–H and O–H groups in total. The van der Waals surface area contributed by atoms with Crippen molar-refractivity contribution >= 4 is 11.8 Å². The lowest BCUT2D eigenvalue weighted by molar-refractivity contribution is -0.139. The Hall–Kier alpha value is -3.30. The second kappa shape index (κ2) is 10.5. The highest BCUT2D eigenvalue weighted by atomic mass is 19.4. The largest absolute Gasteiger partial charge is 0.497 e. The zero-order valence-electron chi connectivity index (χ0n) is 18.3. The molecule has 1 aliphatic heterocycles. The first kappa shape index (κ1) is 24.3. The molecule has 2 aromatic rings. The fraction of sp³-hybridized carbons (Fsp3) is 0.435. The van der Waals surface area contributed by atoms with E-state index < -0.39 is 29.8 Å². The van der Waals surface area contributed by atoms with Gasteiger partial charge in [0.25, 0.3) is 5.56 Å². The second-order valence-electron chi connectivity index (χ2n) is 7.82. The van der Waals surface area contributed by atoms with Crippen molar-refractivity contribution in [1.29, 1.82) is 0 Å². The minimum Gasteiger partial charge on any atom is -0.497 e. The van der Waals surface area contributed by atoms with Crippen LogP contribution < -0.4 is 10.3 Å². The molecule has 10 heteroatoms. The SMILES string of the molecule is COc1ccc(CCC(=O)N2CCCN(C(=O)Cn3cccc(C(F)(F)F)c3=O)CC2)cc1. The molecule has 7 nitrogen and oxygen atoms in total. The monoisotopic (exact) mass is 465 g/mol. The van der Waals surface area contributed by atoms with E-state index in [1.165, 1.54) is 11.1 Å². The number of benzene rings is 1. The lowest BCUT2D eigenvalue weighted by atomic mass is 10.1. The Balaban J connectivity index is 1.54. The number of rotatable bonds is 6. The number of ether oxygens (including phenoxy) is 1. The number of alkyl halides is 3. The molecule has 0 saturated carbocycles. The number of carbonyl (C=O) groups is 2. The van der Waals surface area contributed by atoms with Crippen LogP contribution in [0.2, 0.25) is 0 Å². The molecule has 0 bridgehead atoms. The first-order valence-electron chi connectivity index (χ1n) is 10.6. The maximum Gasteiger partial charge on any atom is 0.421 e. The number of hydrogen-bond donors (Lipinski definition) is 0. The number of pyridine rings is 1. The minimum atomic E-state index is -4.78. The van der Waals surface area contributed by atoms with Crippen molar-refractivity contribution in [2.24, 2.45) is 0 Å². The predicted octanol–water partition coefficient (Wildman–Crippen LogP) is 2.57. The van der Waals surface area contributed by atoms with Crippen LogP contribution in [-0.2, 0) is 28.7 Å². The van der Waals surface area contributed by atoms with Crippen LogP contribution in [0.3, 0.4) is 0 Å². The molecule has 1 aromatic heterocycles. The van der Waals surface area contributed by atoms with Crippen molar-refractivity contribution in [3.8, 4) is 5.75 Å². The molecule has 178 valence electrons. The van der Waals surface area contributed by atoms with Crippen molar-refractivity contribution in [1.82, 2.24) is 14.4 Å².